The van der Waals surface area contributed by atoms with Gasteiger partial charge in [0.05, 0.1) is 0 Å². The van der Waals surface area contributed by atoms with E-state index in [0.29, 0.717) is 6.54 Å². The lowest BCUT2D eigenvalue weighted by atomic mass is 10.0. The zero-order valence-corrected chi connectivity index (χ0v) is 7.39. The SMILES string of the molecule is COC1(C(F)(F)F)CCNC1.Cl. The first-order valence-corrected chi connectivity index (χ1v) is 3.34. The summed E-state index contributed by atoms with van der Waals surface area (Å²) in [6.45, 7) is 0.236. The van der Waals surface area contributed by atoms with Crippen LogP contribution in [0.2, 0.25) is 0 Å². The molecule has 0 radical (unpaired) electrons. The second-order valence-corrected chi connectivity index (χ2v) is 2.62. The van der Waals surface area contributed by atoms with Crippen molar-refractivity contribution in [2.24, 2.45) is 0 Å². The van der Waals surface area contributed by atoms with Crippen molar-refractivity contribution in [1.29, 1.82) is 0 Å². The minimum atomic E-state index is -4.26. The van der Waals surface area contributed by atoms with Gasteiger partial charge in [-0.1, -0.05) is 0 Å². The molecule has 1 N–H and O–H groups in total. The smallest absolute Gasteiger partial charge is 0.367 e. The zero-order valence-electron chi connectivity index (χ0n) is 6.57. The Morgan fingerprint density at radius 2 is 2.00 bits per heavy atom. The number of alkyl halides is 3. The molecule has 1 aliphatic heterocycles. The van der Waals surface area contributed by atoms with E-state index in [2.05, 4.69) is 10.1 Å². The number of ether oxygens (including phenoxy) is 1. The first-order valence-electron chi connectivity index (χ1n) is 3.34. The Morgan fingerprint density at radius 3 is 2.17 bits per heavy atom. The summed E-state index contributed by atoms with van der Waals surface area (Å²) < 4.78 is 41.2. The average molecular weight is 206 g/mol. The zero-order chi connectivity index (χ0) is 8.54. The summed E-state index contributed by atoms with van der Waals surface area (Å²) >= 11 is 0. The van der Waals surface area contributed by atoms with E-state index >= 15 is 0 Å². The molecule has 0 spiro atoms. The van der Waals surface area contributed by atoms with E-state index in [0.717, 1.165) is 7.11 Å². The highest BCUT2D eigenvalue weighted by Gasteiger charge is 2.56. The van der Waals surface area contributed by atoms with Gasteiger partial charge in [-0.25, -0.2) is 0 Å². The molecule has 1 fully saturated rings. The van der Waals surface area contributed by atoms with Crippen molar-refractivity contribution in [3.8, 4) is 0 Å². The van der Waals surface area contributed by atoms with Crippen molar-refractivity contribution in [2.75, 3.05) is 20.2 Å². The second kappa shape index (κ2) is 3.81. The van der Waals surface area contributed by atoms with E-state index in [9.17, 15) is 13.2 Å². The van der Waals surface area contributed by atoms with E-state index in [4.69, 9.17) is 0 Å². The van der Waals surface area contributed by atoms with Gasteiger partial charge in [-0.3, -0.25) is 0 Å². The van der Waals surface area contributed by atoms with Crippen LogP contribution in [0.15, 0.2) is 0 Å². The minimum absolute atomic E-state index is 0. The summed E-state index contributed by atoms with van der Waals surface area (Å²) in [5, 5.41) is 2.63. The highest BCUT2D eigenvalue weighted by atomic mass is 35.5. The predicted molar refractivity (Wildman–Crippen MR) is 40.5 cm³/mol. The molecule has 1 aliphatic rings. The fraction of sp³-hybridized carbons (Fsp3) is 1.00. The van der Waals surface area contributed by atoms with Crippen molar-refractivity contribution >= 4 is 12.4 Å². The maximum atomic E-state index is 12.3. The van der Waals surface area contributed by atoms with Crippen molar-refractivity contribution in [3.05, 3.63) is 0 Å². The molecule has 1 atom stereocenters. The third-order valence-corrected chi connectivity index (χ3v) is 2.02. The fourth-order valence-electron chi connectivity index (χ4n) is 1.20. The maximum Gasteiger partial charge on any atom is 0.418 e. The molecule has 1 saturated heterocycles. The lowest BCUT2D eigenvalue weighted by Crippen LogP contribution is -2.48. The molecule has 0 saturated carbocycles. The highest BCUT2D eigenvalue weighted by Crippen LogP contribution is 2.37. The first-order chi connectivity index (χ1) is 5.02. The van der Waals surface area contributed by atoms with E-state index < -0.39 is 11.8 Å². The predicted octanol–water partition coefficient (Wildman–Crippen LogP) is 1.35. The third kappa shape index (κ3) is 1.84. The molecule has 1 rings (SSSR count). The van der Waals surface area contributed by atoms with E-state index in [1.54, 1.807) is 0 Å². The normalized spacial score (nSPS) is 30.0. The van der Waals surface area contributed by atoms with Crippen LogP contribution in [0.25, 0.3) is 0 Å². The molecule has 0 aromatic carbocycles. The molecule has 0 aromatic heterocycles. The van der Waals surface area contributed by atoms with Crippen molar-refractivity contribution in [2.45, 2.75) is 18.2 Å². The molecule has 1 unspecified atom stereocenters. The number of halogens is 4. The van der Waals surface area contributed by atoms with Crippen LogP contribution in [0, 0.1) is 0 Å². The van der Waals surface area contributed by atoms with Crippen molar-refractivity contribution in [3.63, 3.8) is 0 Å². The first kappa shape index (κ1) is 12.0. The van der Waals surface area contributed by atoms with E-state index in [-0.39, 0.29) is 25.4 Å². The topological polar surface area (TPSA) is 21.3 Å². The van der Waals surface area contributed by atoms with Gasteiger partial charge in [0.1, 0.15) is 0 Å². The molecular formula is C6H11ClF3NO. The van der Waals surface area contributed by atoms with E-state index in [1.807, 2.05) is 0 Å². The molecule has 2 nitrogen and oxygen atoms in total. The lowest BCUT2D eigenvalue weighted by Gasteiger charge is -2.28. The Morgan fingerprint density at radius 1 is 1.42 bits per heavy atom. The Labute approximate surface area is 74.9 Å². The Balaban J connectivity index is 0.00000121. The maximum absolute atomic E-state index is 12.3. The van der Waals surface area contributed by atoms with Crippen LogP contribution < -0.4 is 5.32 Å². The standard InChI is InChI=1S/C6H10F3NO.ClH/c1-11-5(6(7,8)9)2-3-10-4-5;/h10H,2-4H2,1H3;1H. The second-order valence-electron chi connectivity index (χ2n) is 2.62. The number of hydrogen-bond acceptors (Lipinski definition) is 2. The summed E-state index contributed by atoms with van der Waals surface area (Å²) in [7, 11) is 1.10. The largest absolute Gasteiger partial charge is 0.418 e. The summed E-state index contributed by atoms with van der Waals surface area (Å²) in [6.07, 6.45) is -4.25. The number of nitrogens with one attached hydrogen (secondary N) is 1. The van der Waals surface area contributed by atoms with Gasteiger partial charge in [0.15, 0.2) is 5.60 Å². The Bertz CT molecular complexity index is 144. The van der Waals surface area contributed by atoms with Crippen LogP contribution in [0.4, 0.5) is 13.2 Å². The van der Waals surface area contributed by atoms with Gasteiger partial charge in [-0.05, 0) is 13.0 Å². The summed E-state index contributed by atoms with van der Waals surface area (Å²) in [5.74, 6) is 0. The van der Waals surface area contributed by atoms with Gasteiger partial charge in [0.25, 0.3) is 0 Å². The van der Waals surface area contributed by atoms with Gasteiger partial charge in [-0.2, -0.15) is 13.2 Å². The Hall–Kier alpha value is 0. The van der Waals surface area contributed by atoms with Crippen molar-refractivity contribution < 1.29 is 17.9 Å². The van der Waals surface area contributed by atoms with Gasteiger partial charge in [0.2, 0.25) is 0 Å². The van der Waals surface area contributed by atoms with Crippen LogP contribution in [0.1, 0.15) is 6.42 Å². The lowest BCUT2D eigenvalue weighted by molar-refractivity contribution is -0.261. The molecule has 12 heavy (non-hydrogen) atoms. The molecule has 74 valence electrons. The molecule has 0 aromatic rings. The fourth-order valence-corrected chi connectivity index (χ4v) is 1.20. The highest BCUT2D eigenvalue weighted by molar-refractivity contribution is 5.85. The minimum Gasteiger partial charge on any atom is -0.367 e. The molecule has 0 aliphatic carbocycles. The number of methoxy groups -OCH3 is 1. The van der Waals surface area contributed by atoms with Gasteiger partial charge in [-0.15, -0.1) is 12.4 Å². The van der Waals surface area contributed by atoms with E-state index in [1.165, 1.54) is 0 Å². The van der Waals surface area contributed by atoms with Crippen molar-refractivity contribution in [1.82, 2.24) is 5.32 Å². The molecule has 1 heterocycles. The van der Waals surface area contributed by atoms with Gasteiger partial charge >= 0.3 is 6.18 Å². The number of rotatable bonds is 1. The van der Waals surface area contributed by atoms with Crippen LogP contribution in [0.5, 0.6) is 0 Å². The molecule has 6 heteroatoms. The van der Waals surface area contributed by atoms with Gasteiger partial charge in [0, 0.05) is 13.7 Å². The quantitative estimate of drug-likeness (QED) is 0.698. The third-order valence-electron chi connectivity index (χ3n) is 2.02. The monoisotopic (exact) mass is 205 g/mol. The molecule has 0 amide bonds. The number of hydrogen-bond donors (Lipinski definition) is 1. The van der Waals surface area contributed by atoms with Gasteiger partial charge < -0.3 is 10.1 Å². The summed E-state index contributed by atoms with van der Waals surface area (Å²) in [5.41, 5.74) is -1.94. The summed E-state index contributed by atoms with van der Waals surface area (Å²) in [6, 6.07) is 0. The van der Waals surface area contributed by atoms with Crippen LogP contribution in [-0.4, -0.2) is 32.0 Å². The Kier molecular flexibility index (Phi) is 3.81. The average Bonchev–Trinajstić information content (AvgIpc) is 2.33. The molecular weight excluding hydrogens is 195 g/mol. The van der Waals surface area contributed by atoms with Crippen LogP contribution in [0.3, 0.4) is 0 Å². The van der Waals surface area contributed by atoms with Crippen LogP contribution >= 0.6 is 12.4 Å². The molecule has 0 bridgehead atoms. The van der Waals surface area contributed by atoms with Crippen LogP contribution in [-0.2, 0) is 4.74 Å². The summed E-state index contributed by atoms with van der Waals surface area (Å²) in [4.78, 5) is 0.